The van der Waals surface area contributed by atoms with Gasteiger partial charge in [0.2, 0.25) is 5.91 Å². The second-order valence-corrected chi connectivity index (χ2v) is 10.1. The molecule has 1 aromatic heterocycles. The molecule has 38 heavy (non-hydrogen) atoms. The van der Waals surface area contributed by atoms with Gasteiger partial charge in [0.25, 0.3) is 0 Å². The van der Waals surface area contributed by atoms with Crippen LogP contribution in [0.15, 0.2) is 71.2 Å². The minimum absolute atomic E-state index is 0.108. The summed E-state index contributed by atoms with van der Waals surface area (Å²) in [5.41, 5.74) is 1.09. The van der Waals surface area contributed by atoms with Gasteiger partial charge in [0.15, 0.2) is 5.78 Å². The van der Waals surface area contributed by atoms with Crippen LogP contribution >= 0.6 is 11.3 Å². The molecule has 0 N–H and O–H groups in total. The van der Waals surface area contributed by atoms with Gasteiger partial charge in [-0.05, 0) is 54.6 Å². The van der Waals surface area contributed by atoms with Gasteiger partial charge in [-0.1, -0.05) is 18.2 Å². The molecule has 9 heteroatoms. The molecule has 0 fully saturated rings. The number of amides is 1. The molecule has 0 saturated carbocycles. The van der Waals surface area contributed by atoms with Gasteiger partial charge in [0.05, 0.1) is 19.4 Å². The number of carbonyl (C=O) groups is 3. The molecule has 1 amide bonds. The first-order valence-electron chi connectivity index (χ1n) is 12.2. The lowest BCUT2D eigenvalue weighted by atomic mass is 9.69. The van der Waals surface area contributed by atoms with Gasteiger partial charge in [-0.3, -0.25) is 19.3 Å². The van der Waals surface area contributed by atoms with Crippen molar-refractivity contribution in [3.63, 3.8) is 0 Å². The van der Waals surface area contributed by atoms with Crippen LogP contribution in [0.5, 0.6) is 5.75 Å². The van der Waals surface area contributed by atoms with Crippen molar-refractivity contribution in [3.8, 4) is 5.75 Å². The number of nitrogens with zero attached hydrogens (tertiary/aromatic N) is 1. The van der Waals surface area contributed by atoms with Crippen molar-refractivity contribution >= 4 is 34.7 Å². The van der Waals surface area contributed by atoms with Gasteiger partial charge < -0.3 is 9.47 Å². The quantitative estimate of drug-likeness (QED) is 0.296. The SMILES string of the molecule is CCOC(=O)[C@@H]1C(=O)C2=C(C[C@H]1c1cccs1)N(c1ccc(F)cc1F)C(=O)C[C@@H]2c1cccc(OC)c1. The molecule has 1 aliphatic carbocycles. The maximum Gasteiger partial charge on any atom is 0.317 e. The molecular weight excluding hydrogens is 512 g/mol. The monoisotopic (exact) mass is 537 g/mol. The average molecular weight is 538 g/mol. The first-order chi connectivity index (χ1) is 18.3. The van der Waals surface area contributed by atoms with Crippen LogP contribution in [-0.4, -0.2) is 31.4 Å². The molecule has 196 valence electrons. The van der Waals surface area contributed by atoms with E-state index in [1.165, 1.54) is 29.4 Å². The Kier molecular flexibility index (Phi) is 7.12. The highest BCUT2D eigenvalue weighted by atomic mass is 32.1. The number of Topliss-reactive ketones (excluding diaryl/α,β-unsaturated/α-hetero) is 1. The van der Waals surface area contributed by atoms with Crippen molar-refractivity contribution in [2.45, 2.75) is 31.6 Å². The van der Waals surface area contributed by atoms with Crippen LogP contribution in [0.2, 0.25) is 0 Å². The van der Waals surface area contributed by atoms with Crippen LogP contribution in [0.1, 0.15) is 42.0 Å². The third kappa shape index (κ3) is 4.51. The topological polar surface area (TPSA) is 72.9 Å². The number of carbonyl (C=O) groups excluding carboxylic acids is 3. The number of benzene rings is 2. The highest BCUT2D eigenvalue weighted by molar-refractivity contribution is 7.10. The summed E-state index contributed by atoms with van der Waals surface area (Å²) in [5, 5.41) is 1.84. The third-order valence-corrected chi connectivity index (χ3v) is 8.02. The van der Waals surface area contributed by atoms with Crippen molar-refractivity contribution < 1.29 is 32.6 Å². The number of hydrogen-bond donors (Lipinski definition) is 0. The second kappa shape index (κ2) is 10.5. The van der Waals surface area contributed by atoms with Crippen LogP contribution in [0, 0.1) is 17.6 Å². The molecule has 0 unspecified atom stereocenters. The largest absolute Gasteiger partial charge is 0.497 e. The lowest BCUT2D eigenvalue weighted by Gasteiger charge is -2.42. The molecule has 1 aliphatic heterocycles. The van der Waals surface area contributed by atoms with E-state index < -0.39 is 47.0 Å². The number of anilines is 1. The molecule has 0 bridgehead atoms. The van der Waals surface area contributed by atoms with Crippen molar-refractivity contribution in [1.82, 2.24) is 0 Å². The van der Waals surface area contributed by atoms with E-state index in [0.29, 0.717) is 23.1 Å². The Balaban J connectivity index is 1.74. The average Bonchev–Trinajstić information content (AvgIpc) is 3.44. The van der Waals surface area contributed by atoms with Crippen LogP contribution < -0.4 is 9.64 Å². The molecule has 2 aliphatic rings. The first-order valence-corrected chi connectivity index (χ1v) is 13.1. The second-order valence-electron chi connectivity index (χ2n) is 9.14. The molecule has 0 spiro atoms. The van der Waals surface area contributed by atoms with E-state index in [-0.39, 0.29) is 30.7 Å². The number of methoxy groups -OCH3 is 1. The maximum atomic E-state index is 15.0. The molecule has 2 heterocycles. The molecule has 3 aromatic rings. The Hall–Kier alpha value is -3.85. The van der Waals surface area contributed by atoms with E-state index in [0.717, 1.165) is 10.9 Å². The van der Waals surface area contributed by atoms with E-state index in [2.05, 4.69) is 0 Å². The molecule has 0 radical (unpaired) electrons. The zero-order chi connectivity index (χ0) is 27.0. The summed E-state index contributed by atoms with van der Waals surface area (Å²) in [6.45, 7) is 1.78. The van der Waals surface area contributed by atoms with Gasteiger partial charge in [-0.15, -0.1) is 11.3 Å². The molecule has 2 aromatic carbocycles. The number of allylic oxidation sites excluding steroid dienone is 2. The summed E-state index contributed by atoms with van der Waals surface area (Å²) >= 11 is 1.39. The van der Waals surface area contributed by atoms with Gasteiger partial charge in [0, 0.05) is 40.5 Å². The number of ketones is 1. The predicted octanol–water partition coefficient (Wildman–Crippen LogP) is 5.75. The fraction of sp³-hybridized carbons (Fsp3) is 0.276. The summed E-state index contributed by atoms with van der Waals surface area (Å²) in [6, 6.07) is 13.7. The molecule has 6 nitrogen and oxygen atoms in total. The van der Waals surface area contributed by atoms with Gasteiger partial charge >= 0.3 is 5.97 Å². The summed E-state index contributed by atoms with van der Waals surface area (Å²) in [4.78, 5) is 43.0. The van der Waals surface area contributed by atoms with Crippen molar-refractivity contribution in [2.75, 3.05) is 18.6 Å². The summed E-state index contributed by atoms with van der Waals surface area (Å²) in [6.07, 6.45) is -0.0259. The maximum absolute atomic E-state index is 15.0. The smallest absolute Gasteiger partial charge is 0.317 e. The third-order valence-electron chi connectivity index (χ3n) is 7.02. The lowest BCUT2D eigenvalue weighted by molar-refractivity contribution is -0.152. The normalized spacial score (nSPS) is 21.4. The Bertz CT molecular complexity index is 1430. The molecular formula is C29H25F2NO5S. The van der Waals surface area contributed by atoms with Crippen LogP contribution in [0.4, 0.5) is 14.5 Å². The Morgan fingerprint density at radius 2 is 1.89 bits per heavy atom. The van der Waals surface area contributed by atoms with Crippen LogP contribution in [-0.2, 0) is 19.1 Å². The van der Waals surface area contributed by atoms with E-state index >= 15 is 4.39 Å². The Morgan fingerprint density at radius 3 is 2.58 bits per heavy atom. The van der Waals surface area contributed by atoms with E-state index in [1.807, 2.05) is 17.5 Å². The molecule has 5 rings (SSSR count). The van der Waals surface area contributed by atoms with E-state index in [9.17, 15) is 18.8 Å². The number of thiophene rings is 1. The van der Waals surface area contributed by atoms with E-state index in [4.69, 9.17) is 9.47 Å². The zero-order valence-corrected chi connectivity index (χ0v) is 21.6. The summed E-state index contributed by atoms with van der Waals surface area (Å²) < 4.78 is 39.5. The molecule has 0 saturated heterocycles. The summed E-state index contributed by atoms with van der Waals surface area (Å²) in [5.74, 6) is -5.09. The number of halogens is 2. The fourth-order valence-electron chi connectivity index (χ4n) is 5.39. The van der Waals surface area contributed by atoms with E-state index in [1.54, 1.807) is 31.2 Å². The Labute approximate surface area is 222 Å². The number of esters is 1. The van der Waals surface area contributed by atoms with Crippen LogP contribution in [0.3, 0.4) is 0 Å². The van der Waals surface area contributed by atoms with Gasteiger partial charge in [-0.25, -0.2) is 8.78 Å². The number of ether oxygens (including phenoxy) is 2. The minimum Gasteiger partial charge on any atom is -0.497 e. The zero-order valence-electron chi connectivity index (χ0n) is 20.8. The minimum atomic E-state index is -1.12. The number of rotatable bonds is 6. The lowest BCUT2D eigenvalue weighted by Crippen LogP contribution is -2.46. The highest BCUT2D eigenvalue weighted by Gasteiger charge is 2.50. The van der Waals surface area contributed by atoms with Crippen molar-refractivity contribution in [1.29, 1.82) is 0 Å². The predicted molar refractivity (Wildman–Crippen MR) is 138 cm³/mol. The number of hydrogen-bond acceptors (Lipinski definition) is 6. The van der Waals surface area contributed by atoms with Crippen molar-refractivity contribution in [2.24, 2.45) is 5.92 Å². The van der Waals surface area contributed by atoms with Crippen LogP contribution in [0.25, 0.3) is 0 Å². The summed E-state index contributed by atoms with van der Waals surface area (Å²) in [7, 11) is 1.52. The molecule has 3 atom stereocenters. The standard InChI is InChI=1S/C29H25F2NO5S/c1-3-37-29(35)27-20(24-8-5-11-38-24)14-23-26(28(27)34)19(16-6-4-7-18(12-16)36-2)15-25(33)32(23)22-10-9-17(30)13-21(22)31/h4-13,19-20,27H,3,14-15H2,1-2H3/t19-,20+,27+/m1/s1. The van der Waals surface area contributed by atoms with Gasteiger partial charge in [-0.2, -0.15) is 0 Å². The highest BCUT2D eigenvalue weighted by Crippen LogP contribution is 2.50. The first kappa shape index (κ1) is 25.8. The van der Waals surface area contributed by atoms with Gasteiger partial charge in [0.1, 0.15) is 23.3 Å². The fourth-order valence-corrected chi connectivity index (χ4v) is 6.25. The van der Waals surface area contributed by atoms with Crippen molar-refractivity contribution in [3.05, 3.63) is 93.3 Å². The Morgan fingerprint density at radius 1 is 1.08 bits per heavy atom.